The van der Waals surface area contributed by atoms with Crippen LogP contribution < -0.4 is 5.32 Å². The van der Waals surface area contributed by atoms with E-state index < -0.39 is 0 Å². The lowest BCUT2D eigenvalue weighted by atomic mass is 9.96. The van der Waals surface area contributed by atoms with Gasteiger partial charge in [-0.1, -0.05) is 104 Å². The largest absolute Gasteiger partial charge is 0.480 e. The minimum atomic E-state index is 0.140. The van der Waals surface area contributed by atoms with E-state index in [1.54, 1.807) is 0 Å². The number of nitrogens with one attached hydrogen (secondary N) is 1. The fourth-order valence-corrected chi connectivity index (χ4v) is 3.37. The molecule has 0 spiro atoms. The van der Waals surface area contributed by atoms with Gasteiger partial charge in [-0.15, -0.1) is 0 Å². The average molecular weight is 354 g/mol. The summed E-state index contributed by atoms with van der Waals surface area (Å²) in [7, 11) is 1.96. The van der Waals surface area contributed by atoms with Crippen molar-refractivity contribution < 1.29 is 4.74 Å². The highest BCUT2D eigenvalue weighted by Gasteiger charge is 2.07. The van der Waals surface area contributed by atoms with Crippen molar-refractivity contribution in [1.29, 1.82) is 0 Å². The molecule has 150 valence electrons. The highest BCUT2D eigenvalue weighted by molar-refractivity contribution is 4.83. The third kappa shape index (κ3) is 16.7. The summed E-state index contributed by atoms with van der Waals surface area (Å²) in [4.78, 5) is 0. The predicted molar refractivity (Wildman–Crippen MR) is 113 cm³/mol. The van der Waals surface area contributed by atoms with Gasteiger partial charge >= 0.3 is 0 Å². The van der Waals surface area contributed by atoms with E-state index >= 15 is 0 Å². The normalized spacial score (nSPS) is 13.6. The Labute approximate surface area is 159 Å². The SMILES string of the molecule is C=C(CCCCCCCC(C)CCCCCCC)OC(CCC)NC. The van der Waals surface area contributed by atoms with Gasteiger partial charge in [-0.3, -0.25) is 5.32 Å². The van der Waals surface area contributed by atoms with E-state index in [0.29, 0.717) is 0 Å². The summed E-state index contributed by atoms with van der Waals surface area (Å²) in [5, 5.41) is 3.20. The van der Waals surface area contributed by atoms with Crippen LogP contribution >= 0.6 is 0 Å². The zero-order chi connectivity index (χ0) is 18.8. The van der Waals surface area contributed by atoms with Gasteiger partial charge in [-0.2, -0.15) is 0 Å². The number of rotatable bonds is 19. The van der Waals surface area contributed by atoms with Gasteiger partial charge in [0.2, 0.25) is 0 Å². The molecule has 0 fully saturated rings. The average Bonchev–Trinajstić information content (AvgIpc) is 2.60. The molecule has 2 nitrogen and oxygen atoms in total. The summed E-state index contributed by atoms with van der Waals surface area (Å²) in [5.41, 5.74) is 0. The Morgan fingerprint density at radius 2 is 1.36 bits per heavy atom. The maximum Gasteiger partial charge on any atom is 0.149 e. The Bertz CT molecular complexity index is 290. The minimum absolute atomic E-state index is 0.140. The first-order valence-electron chi connectivity index (χ1n) is 11.2. The van der Waals surface area contributed by atoms with Crippen molar-refractivity contribution in [3.8, 4) is 0 Å². The number of allylic oxidation sites excluding steroid dienone is 1. The maximum atomic E-state index is 5.86. The van der Waals surface area contributed by atoms with Gasteiger partial charge < -0.3 is 4.74 Å². The van der Waals surface area contributed by atoms with Crippen LogP contribution in [0.15, 0.2) is 12.3 Å². The summed E-state index contributed by atoms with van der Waals surface area (Å²) in [6.45, 7) is 11.0. The molecular weight excluding hydrogens is 306 g/mol. The summed E-state index contributed by atoms with van der Waals surface area (Å²) in [5.74, 6) is 1.87. The van der Waals surface area contributed by atoms with Crippen molar-refractivity contribution in [3.63, 3.8) is 0 Å². The molecule has 0 heterocycles. The summed E-state index contributed by atoms with van der Waals surface area (Å²) in [6, 6.07) is 0. The van der Waals surface area contributed by atoms with E-state index in [9.17, 15) is 0 Å². The van der Waals surface area contributed by atoms with E-state index in [2.05, 4.69) is 32.7 Å². The molecule has 0 radical (unpaired) electrons. The number of hydrogen-bond acceptors (Lipinski definition) is 2. The van der Waals surface area contributed by atoms with Gasteiger partial charge in [0, 0.05) is 6.42 Å². The lowest BCUT2D eigenvalue weighted by molar-refractivity contribution is 0.0797. The highest BCUT2D eigenvalue weighted by Crippen LogP contribution is 2.19. The van der Waals surface area contributed by atoms with Gasteiger partial charge in [0.25, 0.3) is 0 Å². The van der Waals surface area contributed by atoms with E-state index in [0.717, 1.165) is 30.9 Å². The summed E-state index contributed by atoms with van der Waals surface area (Å²) < 4.78 is 5.86. The Balaban J connectivity index is 3.41. The van der Waals surface area contributed by atoms with Crippen molar-refractivity contribution >= 4 is 0 Å². The van der Waals surface area contributed by atoms with Crippen molar-refractivity contribution in [2.75, 3.05) is 7.05 Å². The Morgan fingerprint density at radius 3 is 1.92 bits per heavy atom. The molecule has 2 atom stereocenters. The van der Waals surface area contributed by atoms with Gasteiger partial charge in [-0.25, -0.2) is 0 Å². The third-order valence-corrected chi connectivity index (χ3v) is 5.13. The van der Waals surface area contributed by atoms with Crippen LogP contribution in [-0.2, 0) is 4.74 Å². The molecule has 0 aromatic heterocycles. The molecule has 25 heavy (non-hydrogen) atoms. The molecule has 0 aliphatic rings. The van der Waals surface area contributed by atoms with Crippen LogP contribution in [0.25, 0.3) is 0 Å². The van der Waals surface area contributed by atoms with E-state index in [1.165, 1.54) is 77.0 Å². The maximum absolute atomic E-state index is 5.86. The van der Waals surface area contributed by atoms with Crippen LogP contribution in [0.5, 0.6) is 0 Å². The topological polar surface area (TPSA) is 21.3 Å². The molecule has 0 saturated carbocycles. The van der Waals surface area contributed by atoms with E-state index in [-0.39, 0.29) is 6.23 Å². The molecule has 0 saturated heterocycles. The fraction of sp³-hybridized carbons (Fsp3) is 0.913. The lowest BCUT2D eigenvalue weighted by Gasteiger charge is -2.19. The molecule has 0 aromatic carbocycles. The van der Waals surface area contributed by atoms with E-state index in [1.807, 2.05) is 7.05 Å². The lowest BCUT2D eigenvalue weighted by Crippen LogP contribution is -2.27. The highest BCUT2D eigenvalue weighted by atomic mass is 16.5. The second kappa shape index (κ2) is 18.3. The molecule has 0 aliphatic carbocycles. The van der Waals surface area contributed by atoms with E-state index in [4.69, 9.17) is 4.74 Å². The first kappa shape index (κ1) is 24.5. The first-order chi connectivity index (χ1) is 12.1. The van der Waals surface area contributed by atoms with Crippen LogP contribution in [0.4, 0.5) is 0 Å². The van der Waals surface area contributed by atoms with Crippen molar-refractivity contribution in [1.82, 2.24) is 5.32 Å². The van der Waals surface area contributed by atoms with Gasteiger partial charge in [0.15, 0.2) is 0 Å². The number of ether oxygens (including phenoxy) is 1. The van der Waals surface area contributed by atoms with Crippen molar-refractivity contribution in [3.05, 3.63) is 12.3 Å². The smallest absolute Gasteiger partial charge is 0.149 e. The second-order valence-corrected chi connectivity index (χ2v) is 7.84. The number of unbranched alkanes of at least 4 members (excludes halogenated alkanes) is 8. The first-order valence-corrected chi connectivity index (χ1v) is 11.2. The standard InChI is InChI=1S/C23H47NO/c1-6-8-9-11-14-18-21(3)19-15-12-10-13-16-20-22(4)25-23(24-5)17-7-2/h21,23-24H,4,6-20H2,1-3,5H3. The summed E-state index contributed by atoms with van der Waals surface area (Å²) >= 11 is 0. The zero-order valence-electron chi connectivity index (χ0n) is 17.9. The molecular formula is C23H47NO. The van der Waals surface area contributed by atoms with Crippen molar-refractivity contribution in [2.24, 2.45) is 5.92 Å². The molecule has 0 aromatic rings. The van der Waals surface area contributed by atoms with Gasteiger partial charge in [-0.05, 0) is 25.8 Å². The molecule has 0 bridgehead atoms. The van der Waals surface area contributed by atoms with Gasteiger partial charge in [0.1, 0.15) is 6.23 Å². The zero-order valence-corrected chi connectivity index (χ0v) is 17.9. The van der Waals surface area contributed by atoms with Crippen LogP contribution in [-0.4, -0.2) is 13.3 Å². The molecule has 0 rings (SSSR count). The van der Waals surface area contributed by atoms with Crippen LogP contribution in [0.3, 0.4) is 0 Å². The fourth-order valence-electron chi connectivity index (χ4n) is 3.37. The predicted octanol–water partition coefficient (Wildman–Crippen LogP) is 7.59. The summed E-state index contributed by atoms with van der Waals surface area (Å²) in [6.07, 6.45) is 20.0. The molecule has 1 N–H and O–H groups in total. The Hall–Kier alpha value is -0.500. The molecule has 0 amide bonds. The quantitative estimate of drug-likeness (QED) is 0.147. The van der Waals surface area contributed by atoms with Gasteiger partial charge in [0.05, 0.1) is 5.76 Å². The van der Waals surface area contributed by atoms with Crippen molar-refractivity contribution in [2.45, 2.75) is 123 Å². The Morgan fingerprint density at radius 1 is 0.800 bits per heavy atom. The van der Waals surface area contributed by atoms with Crippen LogP contribution in [0, 0.1) is 5.92 Å². The molecule has 2 unspecified atom stereocenters. The third-order valence-electron chi connectivity index (χ3n) is 5.13. The van der Waals surface area contributed by atoms with Crippen LogP contribution in [0.1, 0.15) is 117 Å². The second-order valence-electron chi connectivity index (χ2n) is 7.84. The minimum Gasteiger partial charge on any atom is -0.480 e. The number of hydrogen-bond donors (Lipinski definition) is 1. The molecule has 2 heteroatoms. The monoisotopic (exact) mass is 353 g/mol. The molecule has 0 aliphatic heterocycles. The van der Waals surface area contributed by atoms with Crippen LogP contribution in [0.2, 0.25) is 0 Å². The Kier molecular flexibility index (Phi) is 17.9.